The molecule has 1 heterocycles. The van der Waals surface area contributed by atoms with Crippen LogP contribution >= 0.6 is 0 Å². The monoisotopic (exact) mass is 313 g/mol. The summed E-state index contributed by atoms with van der Waals surface area (Å²) in [5.74, 6) is -2.40. The van der Waals surface area contributed by atoms with Gasteiger partial charge in [-0.3, -0.25) is 9.48 Å². The third-order valence-electron chi connectivity index (χ3n) is 3.33. The van der Waals surface area contributed by atoms with E-state index in [0.717, 1.165) is 29.1 Å². The lowest BCUT2D eigenvalue weighted by atomic mass is 10.2. The highest BCUT2D eigenvalue weighted by Crippen LogP contribution is 2.17. The molecule has 0 fully saturated rings. The second-order valence-corrected chi connectivity index (χ2v) is 4.91. The summed E-state index contributed by atoms with van der Waals surface area (Å²) in [6.07, 6.45) is 1.63. The molecule has 3 rings (SSSR count). The quantitative estimate of drug-likeness (QED) is 0.775. The molecule has 1 amide bonds. The number of para-hydroxylation sites is 1. The van der Waals surface area contributed by atoms with Crippen LogP contribution in [-0.4, -0.2) is 26.8 Å². The number of hydrogen-bond acceptors (Lipinski definition) is 3. The summed E-state index contributed by atoms with van der Waals surface area (Å²) in [6.45, 7) is -0.107. The molecular weight excluding hydrogens is 301 g/mol. The van der Waals surface area contributed by atoms with Crippen LogP contribution in [0.15, 0.2) is 48.7 Å². The summed E-state index contributed by atoms with van der Waals surface area (Å²) >= 11 is 0. The minimum atomic E-state index is -1.20. The Morgan fingerprint density at radius 2 is 2.00 bits per heavy atom. The number of aromatic nitrogens is 2. The van der Waals surface area contributed by atoms with Crippen molar-refractivity contribution in [2.75, 3.05) is 5.32 Å². The Balaban J connectivity index is 1.80. The molecule has 116 valence electrons. The molecule has 0 aliphatic rings. The second-order valence-electron chi connectivity index (χ2n) is 4.91. The van der Waals surface area contributed by atoms with E-state index in [2.05, 4.69) is 10.4 Å². The molecule has 0 spiro atoms. The zero-order valence-corrected chi connectivity index (χ0v) is 11.9. The number of carboxylic acid groups (broad SMARTS) is 1. The van der Waals surface area contributed by atoms with Gasteiger partial charge in [-0.1, -0.05) is 18.2 Å². The summed E-state index contributed by atoms with van der Waals surface area (Å²) in [4.78, 5) is 23.0. The van der Waals surface area contributed by atoms with Crippen LogP contribution in [0.3, 0.4) is 0 Å². The van der Waals surface area contributed by atoms with Crippen molar-refractivity contribution in [2.45, 2.75) is 6.54 Å². The van der Waals surface area contributed by atoms with Crippen LogP contribution in [0.5, 0.6) is 0 Å². The second kappa shape index (κ2) is 5.88. The van der Waals surface area contributed by atoms with Crippen molar-refractivity contribution in [2.24, 2.45) is 0 Å². The predicted molar refractivity (Wildman–Crippen MR) is 81.7 cm³/mol. The van der Waals surface area contributed by atoms with Gasteiger partial charge in [-0.15, -0.1) is 0 Å². The van der Waals surface area contributed by atoms with Gasteiger partial charge in [0, 0.05) is 5.39 Å². The Morgan fingerprint density at radius 1 is 1.22 bits per heavy atom. The minimum absolute atomic E-state index is 0.105. The SMILES string of the molecule is O=C(Cn1ncc2ccccc21)Nc1cc(C(=O)O)ccc1F. The largest absolute Gasteiger partial charge is 0.478 e. The highest BCUT2D eigenvalue weighted by Gasteiger charge is 2.12. The molecule has 2 N–H and O–H groups in total. The van der Waals surface area contributed by atoms with E-state index in [4.69, 9.17) is 5.11 Å². The molecule has 0 aliphatic carbocycles. The zero-order chi connectivity index (χ0) is 16.4. The third kappa shape index (κ3) is 3.03. The van der Waals surface area contributed by atoms with Crippen molar-refractivity contribution < 1.29 is 19.1 Å². The van der Waals surface area contributed by atoms with Gasteiger partial charge < -0.3 is 10.4 Å². The number of carboxylic acids is 1. The smallest absolute Gasteiger partial charge is 0.335 e. The molecule has 0 bridgehead atoms. The summed E-state index contributed by atoms with van der Waals surface area (Å²) in [7, 11) is 0. The van der Waals surface area contributed by atoms with E-state index in [-0.39, 0.29) is 17.8 Å². The highest BCUT2D eigenvalue weighted by atomic mass is 19.1. The van der Waals surface area contributed by atoms with Crippen LogP contribution < -0.4 is 5.32 Å². The zero-order valence-electron chi connectivity index (χ0n) is 11.9. The lowest BCUT2D eigenvalue weighted by molar-refractivity contribution is -0.116. The first kappa shape index (κ1) is 14.7. The maximum Gasteiger partial charge on any atom is 0.335 e. The van der Waals surface area contributed by atoms with Crippen LogP contribution in [0.25, 0.3) is 10.9 Å². The van der Waals surface area contributed by atoms with Crippen LogP contribution in [0.2, 0.25) is 0 Å². The molecule has 0 saturated heterocycles. The number of carbonyl (C=O) groups excluding carboxylic acids is 1. The first-order valence-corrected chi connectivity index (χ1v) is 6.78. The number of rotatable bonds is 4. The van der Waals surface area contributed by atoms with Crippen molar-refractivity contribution in [1.29, 1.82) is 0 Å². The van der Waals surface area contributed by atoms with Crippen molar-refractivity contribution in [3.05, 3.63) is 60.0 Å². The fourth-order valence-corrected chi connectivity index (χ4v) is 2.23. The first-order valence-electron chi connectivity index (χ1n) is 6.78. The van der Waals surface area contributed by atoms with E-state index in [0.29, 0.717) is 0 Å². The Bertz CT molecular complexity index is 904. The Kier molecular flexibility index (Phi) is 3.76. The van der Waals surface area contributed by atoms with Gasteiger partial charge in [-0.05, 0) is 24.3 Å². The average molecular weight is 313 g/mol. The van der Waals surface area contributed by atoms with Crippen molar-refractivity contribution in [3.8, 4) is 0 Å². The number of aromatic carboxylic acids is 1. The highest BCUT2D eigenvalue weighted by molar-refractivity contribution is 5.94. The van der Waals surface area contributed by atoms with E-state index >= 15 is 0 Å². The summed E-state index contributed by atoms with van der Waals surface area (Å²) in [6, 6.07) is 10.6. The molecule has 0 aliphatic heterocycles. The van der Waals surface area contributed by atoms with Crippen LogP contribution in [-0.2, 0) is 11.3 Å². The van der Waals surface area contributed by atoms with Crippen molar-refractivity contribution >= 4 is 28.5 Å². The molecular formula is C16H12FN3O3. The standard InChI is InChI=1S/C16H12FN3O3/c17-12-6-5-10(16(22)23)7-13(12)19-15(21)9-20-14-4-2-1-3-11(14)8-18-20/h1-8H,9H2,(H,19,21)(H,22,23). The van der Waals surface area contributed by atoms with Crippen LogP contribution in [0, 0.1) is 5.82 Å². The number of nitrogens with zero attached hydrogens (tertiary/aromatic N) is 2. The fourth-order valence-electron chi connectivity index (χ4n) is 2.23. The summed E-state index contributed by atoms with van der Waals surface area (Å²) in [5, 5.41) is 16.3. The molecule has 23 heavy (non-hydrogen) atoms. The Labute approximate surface area is 130 Å². The van der Waals surface area contributed by atoms with Crippen LogP contribution in [0.4, 0.5) is 10.1 Å². The third-order valence-corrected chi connectivity index (χ3v) is 3.33. The van der Waals surface area contributed by atoms with E-state index in [1.165, 1.54) is 4.68 Å². The molecule has 0 saturated carbocycles. The lowest BCUT2D eigenvalue weighted by Crippen LogP contribution is -2.20. The Morgan fingerprint density at radius 3 is 2.78 bits per heavy atom. The van der Waals surface area contributed by atoms with E-state index in [9.17, 15) is 14.0 Å². The van der Waals surface area contributed by atoms with E-state index in [1.807, 2.05) is 24.3 Å². The number of amides is 1. The maximum atomic E-state index is 13.7. The molecule has 0 radical (unpaired) electrons. The topological polar surface area (TPSA) is 84.2 Å². The normalized spacial score (nSPS) is 10.7. The Hall–Kier alpha value is -3.22. The van der Waals surface area contributed by atoms with Gasteiger partial charge >= 0.3 is 5.97 Å². The van der Waals surface area contributed by atoms with Gasteiger partial charge in [-0.2, -0.15) is 5.10 Å². The number of anilines is 1. The fraction of sp³-hybridized carbons (Fsp3) is 0.0625. The van der Waals surface area contributed by atoms with Gasteiger partial charge in [0.25, 0.3) is 0 Å². The number of fused-ring (bicyclic) bond motifs is 1. The molecule has 1 aromatic heterocycles. The molecule has 3 aromatic rings. The minimum Gasteiger partial charge on any atom is -0.478 e. The lowest BCUT2D eigenvalue weighted by Gasteiger charge is -2.08. The number of benzene rings is 2. The molecule has 0 unspecified atom stereocenters. The van der Waals surface area contributed by atoms with Crippen molar-refractivity contribution in [1.82, 2.24) is 9.78 Å². The molecule has 6 nitrogen and oxygen atoms in total. The molecule has 0 atom stereocenters. The van der Waals surface area contributed by atoms with Gasteiger partial charge in [0.05, 0.1) is 23.0 Å². The van der Waals surface area contributed by atoms with Gasteiger partial charge in [0.15, 0.2) is 0 Å². The van der Waals surface area contributed by atoms with Gasteiger partial charge in [0.1, 0.15) is 12.4 Å². The summed E-state index contributed by atoms with van der Waals surface area (Å²) in [5.41, 5.74) is 0.500. The van der Waals surface area contributed by atoms with Gasteiger partial charge in [0.2, 0.25) is 5.91 Å². The maximum absolute atomic E-state index is 13.7. The average Bonchev–Trinajstić information content (AvgIpc) is 2.92. The van der Waals surface area contributed by atoms with Crippen molar-refractivity contribution in [3.63, 3.8) is 0 Å². The molecule has 7 heteroatoms. The summed E-state index contributed by atoms with van der Waals surface area (Å²) < 4.78 is 15.2. The number of halogens is 1. The molecule has 2 aromatic carbocycles. The van der Waals surface area contributed by atoms with Gasteiger partial charge in [-0.25, -0.2) is 9.18 Å². The number of carbonyl (C=O) groups is 2. The number of hydrogen-bond donors (Lipinski definition) is 2. The first-order chi connectivity index (χ1) is 11.0. The van der Waals surface area contributed by atoms with Crippen LogP contribution in [0.1, 0.15) is 10.4 Å². The van der Waals surface area contributed by atoms with E-state index in [1.54, 1.807) is 6.20 Å². The van der Waals surface area contributed by atoms with E-state index < -0.39 is 17.7 Å². The predicted octanol–water partition coefficient (Wildman–Crippen LogP) is 2.51. The number of nitrogens with one attached hydrogen (secondary N) is 1.